The first-order valence-corrected chi connectivity index (χ1v) is 6.05. The summed E-state index contributed by atoms with van der Waals surface area (Å²) in [6.45, 7) is 0.553. The predicted octanol–water partition coefficient (Wildman–Crippen LogP) is 3.05. The minimum atomic E-state index is -0.863. The molecule has 0 aliphatic carbocycles. The molecule has 0 heterocycles. The molecule has 0 radical (unpaired) electrons. The summed E-state index contributed by atoms with van der Waals surface area (Å²) in [4.78, 5) is 0. The number of rotatable bonds is 5. The van der Waals surface area contributed by atoms with Crippen LogP contribution in [0, 0.1) is 11.6 Å². The van der Waals surface area contributed by atoms with Crippen LogP contribution >= 0.6 is 0 Å². The third kappa shape index (κ3) is 3.51. The SMILES string of the molecule is NCCc1cccc(OCc2cccc(F)c2F)c1. The van der Waals surface area contributed by atoms with Crippen molar-refractivity contribution in [2.24, 2.45) is 5.73 Å². The Morgan fingerprint density at radius 3 is 2.63 bits per heavy atom. The van der Waals surface area contributed by atoms with Crippen molar-refractivity contribution in [3.8, 4) is 5.75 Å². The van der Waals surface area contributed by atoms with Crippen LogP contribution in [0.1, 0.15) is 11.1 Å². The minimum absolute atomic E-state index is 0.00429. The molecule has 2 N–H and O–H groups in total. The van der Waals surface area contributed by atoms with Crippen LogP contribution in [0.25, 0.3) is 0 Å². The van der Waals surface area contributed by atoms with Crippen molar-refractivity contribution in [2.45, 2.75) is 13.0 Å². The number of benzene rings is 2. The molecule has 2 aromatic rings. The Morgan fingerprint density at radius 2 is 1.84 bits per heavy atom. The lowest BCUT2D eigenvalue weighted by molar-refractivity contribution is 0.297. The highest BCUT2D eigenvalue weighted by atomic mass is 19.2. The summed E-state index contributed by atoms with van der Waals surface area (Å²) >= 11 is 0. The van der Waals surface area contributed by atoms with E-state index in [1.165, 1.54) is 12.1 Å². The lowest BCUT2D eigenvalue weighted by atomic mass is 10.1. The Hall–Kier alpha value is -1.94. The van der Waals surface area contributed by atoms with E-state index in [4.69, 9.17) is 10.5 Å². The summed E-state index contributed by atoms with van der Waals surface area (Å²) in [5, 5.41) is 0. The van der Waals surface area contributed by atoms with E-state index in [2.05, 4.69) is 0 Å². The van der Waals surface area contributed by atoms with Gasteiger partial charge in [-0.05, 0) is 36.7 Å². The maximum Gasteiger partial charge on any atom is 0.165 e. The van der Waals surface area contributed by atoms with E-state index in [0.29, 0.717) is 12.3 Å². The second-order valence-corrected chi connectivity index (χ2v) is 4.19. The third-order valence-corrected chi connectivity index (χ3v) is 2.76. The standard InChI is InChI=1S/C15H15F2NO/c16-14-6-2-4-12(15(14)17)10-19-13-5-1-3-11(9-13)7-8-18/h1-6,9H,7-8,10,18H2. The van der Waals surface area contributed by atoms with E-state index in [-0.39, 0.29) is 12.2 Å². The van der Waals surface area contributed by atoms with Gasteiger partial charge in [-0.2, -0.15) is 0 Å². The molecular weight excluding hydrogens is 248 g/mol. The van der Waals surface area contributed by atoms with Crippen molar-refractivity contribution >= 4 is 0 Å². The van der Waals surface area contributed by atoms with Crippen molar-refractivity contribution in [3.05, 3.63) is 65.2 Å². The molecule has 2 aromatic carbocycles. The molecule has 2 rings (SSSR count). The Bertz CT molecular complexity index is 558. The minimum Gasteiger partial charge on any atom is -0.489 e. The molecule has 0 saturated carbocycles. The van der Waals surface area contributed by atoms with Crippen LogP contribution in [0.3, 0.4) is 0 Å². The second kappa shape index (κ2) is 6.29. The first-order chi connectivity index (χ1) is 9.20. The van der Waals surface area contributed by atoms with Crippen LogP contribution < -0.4 is 10.5 Å². The fraction of sp³-hybridized carbons (Fsp3) is 0.200. The van der Waals surface area contributed by atoms with Crippen LogP contribution in [0.2, 0.25) is 0 Å². The summed E-state index contributed by atoms with van der Waals surface area (Å²) in [7, 11) is 0. The average Bonchev–Trinajstić information content (AvgIpc) is 2.41. The van der Waals surface area contributed by atoms with Crippen molar-refractivity contribution < 1.29 is 13.5 Å². The lowest BCUT2D eigenvalue weighted by Gasteiger charge is -2.09. The van der Waals surface area contributed by atoms with Crippen LogP contribution in [0.15, 0.2) is 42.5 Å². The second-order valence-electron chi connectivity index (χ2n) is 4.19. The number of nitrogens with two attached hydrogens (primary N) is 1. The van der Waals surface area contributed by atoms with E-state index in [1.54, 1.807) is 6.07 Å². The summed E-state index contributed by atoms with van der Waals surface area (Å²) in [5.74, 6) is -1.10. The highest BCUT2D eigenvalue weighted by Gasteiger charge is 2.08. The van der Waals surface area contributed by atoms with Crippen molar-refractivity contribution in [3.63, 3.8) is 0 Å². The summed E-state index contributed by atoms with van der Waals surface area (Å²) in [5.41, 5.74) is 6.73. The van der Waals surface area contributed by atoms with Gasteiger partial charge in [-0.25, -0.2) is 8.78 Å². The summed E-state index contributed by atoms with van der Waals surface area (Å²) < 4.78 is 31.9. The van der Waals surface area contributed by atoms with Gasteiger partial charge >= 0.3 is 0 Å². The van der Waals surface area contributed by atoms with E-state index < -0.39 is 11.6 Å². The molecule has 0 aliphatic rings. The smallest absolute Gasteiger partial charge is 0.165 e. The van der Waals surface area contributed by atoms with Gasteiger partial charge in [0.05, 0.1) is 0 Å². The normalized spacial score (nSPS) is 10.5. The molecule has 0 spiro atoms. The Balaban J connectivity index is 2.06. The van der Waals surface area contributed by atoms with Crippen molar-refractivity contribution in [1.29, 1.82) is 0 Å². The molecule has 19 heavy (non-hydrogen) atoms. The molecule has 0 bridgehead atoms. The summed E-state index contributed by atoms with van der Waals surface area (Å²) in [6.07, 6.45) is 0.755. The van der Waals surface area contributed by atoms with Gasteiger partial charge in [0.15, 0.2) is 11.6 Å². The molecule has 4 heteroatoms. The molecule has 0 unspecified atom stereocenters. The zero-order valence-corrected chi connectivity index (χ0v) is 10.4. The largest absolute Gasteiger partial charge is 0.489 e. The van der Waals surface area contributed by atoms with E-state index in [1.807, 2.05) is 18.2 Å². The van der Waals surface area contributed by atoms with Gasteiger partial charge < -0.3 is 10.5 Å². The van der Waals surface area contributed by atoms with Gasteiger partial charge in [0.25, 0.3) is 0 Å². The Kier molecular flexibility index (Phi) is 4.47. The molecule has 0 saturated heterocycles. The molecule has 2 nitrogen and oxygen atoms in total. The van der Waals surface area contributed by atoms with Gasteiger partial charge in [0.1, 0.15) is 12.4 Å². The Labute approximate surface area is 110 Å². The van der Waals surface area contributed by atoms with Crippen LogP contribution in [-0.2, 0) is 13.0 Å². The van der Waals surface area contributed by atoms with Gasteiger partial charge in [-0.1, -0.05) is 24.3 Å². The van der Waals surface area contributed by atoms with E-state index in [9.17, 15) is 8.78 Å². The molecule has 0 fully saturated rings. The quantitative estimate of drug-likeness (QED) is 0.899. The maximum absolute atomic E-state index is 13.4. The highest BCUT2D eigenvalue weighted by Crippen LogP contribution is 2.17. The fourth-order valence-electron chi connectivity index (χ4n) is 1.78. The molecule has 0 amide bonds. The zero-order valence-electron chi connectivity index (χ0n) is 10.4. The summed E-state index contributed by atoms with van der Waals surface area (Å²) in [6, 6.07) is 11.5. The highest BCUT2D eigenvalue weighted by molar-refractivity contribution is 5.29. The van der Waals surface area contributed by atoms with Crippen molar-refractivity contribution in [1.82, 2.24) is 0 Å². The van der Waals surface area contributed by atoms with Crippen LogP contribution in [-0.4, -0.2) is 6.54 Å². The zero-order chi connectivity index (χ0) is 13.7. The molecule has 0 atom stereocenters. The molecule has 0 aliphatic heterocycles. The first kappa shape index (κ1) is 13.5. The van der Waals surface area contributed by atoms with Gasteiger partial charge in [-0.3, -0.25) is 0 Å². The molecule has 0 aromatic heterocycles. The van der Waals surface area contributed by atoms with Gasteiger partial charge in [0, 0.05) is 5.56 Å². The topological polar surface area (TPSA) is 35.2 Å². The van der Waals surface area contributed by atoms with Gasteiger partial charge in [0.2, 0.25) is 0 Å². The number of hydrogen-bond donors (Lipinski definition) is 1. The Morgan fingerprint density at radius 1 is 1.05 bits per heavy atom. The van der Waals surface area contributed by atoms with Crippen LogP contribution in [0.5, 0.6) is 5.75 Å². The predicted molar refractivity (Wildman–Crippen MR) is 69.9 cm³/mol. The number of ether oxygens (including phenoxy) is 1. The fourth-order valence-corrected chi connectivity index (χ4v) is 1.78. The molecular formula is C15H15F2NO. The van der Waals surface area contributed by atoms with Crippen molar-refractivity contribution in [2.75, 3.05) is 6.54 Å². The first-order valence-electron chi connectivity index (χ1n) is 6.05. The lowest BCUT2D eigenvalue weighted by Crippen LogP contribution is -2.03. The van der Waals surface area contributed by atoms with Crippen LogP contribution in [0.4, 0.5) is 8.78 Å². The van der Waals surface area contributed by atoms with E-state index >= 15 is 0 Å². The number of halogens is 2. The number of hydrogen-bond acceptors (Lipinski definition) is 2. The molecule has 100 valence electrons. The maximum atomic E-state index is 13.4. The van der Waals surface area contributed by atoms with E-state index in [0.717, 1.165) is 18.1 Å². The van der Waals surface area contributed by atoms with Gasteiger partial charge in [-0.15, -0.1) is 0 Å². The average molecular weight is 263 g/mol. The third-order valence-electron chi connectivity index (χ3n) is 2.76. The monoisotopic (exact) mass is 263 g/mol.